The Morgan fingerprint density at radius 3 is 1.67 bits per heavy atom. The van der Waals surface area contributed by atoms with Crippen molar-refractivity contribution in [2.75, 3.05) is 13.2 Å². The van der Waals surface area contributed by atoms with Crippen LogP contribution in [-0.4, -0.2) is 19.5 Å². The van der Waals surface area contributed by atoms with Crippen molar-refractivity contribution in [2.24, 2.45) is 17.8 Å². The zero-order chi connectivity index (χ0) is 14.0. The maximum absolute atomic E-state index is 5.98. The summed E-state index contributed by atoms with van der Waals surface area (Å²) in [6.45, 7) is 14.8. The summed E-state index contributed by atoms with van der Waals surface area (Å²) in [7, 11) is 0. The van der Waals surface area contributed by atoms with Gasteiger partial charge in [0.25, 0.3) is 0 Å². The second kappa shape index (κ2) is 10.8. The third-order valence-electron chi connectivity index (χ3n) is 3.03. The Balaban J connectivity index is 4.28. The SMILES string of the molecule is CCCCC(CC)C(OCC(C)C)OCC(C)C. The average molecular weight is 258 g/mol. The fourth-order valence-corrected chi connectivity index (χ4v) is 1.89. The highest BCUT2D eigenvalue weighted by molar-refractivity contribution is 4.63. The van der Waals surface area contributed by atoms with E-state index in [1.165, 1.54) is 19.3 Å². The summed E-state index contributed by atoms with van der Waals surface area (Å²) >= 11 is 0. The molecule has 0 aromatic carbocycles. The molecule has 2 nitrogen and oxygen atoms in total. The molecule has 0 aliphatic rings. The van der Waals surface area contributed by atoms with Gasteiger partial charge in [0.1, 0.15) is 0 Å². The summed E-state index contributed by atoms with van der Waals surface area (Å²) in [5.41, 5.74) is 0. The largest absolute Gasteiger partial charge is 0.352 e. The van der Waals surface area contributed by atoms with Crippen molar-refractivity contribution in [1.82, 2.24) is 0 Å². The Kier molecular flexibility index (Phi) is 10.8. The summed E-state index contributed by atoms with van der Waals surface area (Å²) in [6, 6.07) is 0. The first-order valence-corrected chi connectivity index (χ1v) is 7.74. The minimum absolute atomic E-state index is 0.00801. The fraction of sp³-hybridized carbons (Fsp3) is 1.00. The molecule has 0 N–H and O–H groups in total. The van der Waals surface area contributed by atoms with Crippen LogP contribution in [0.3, 0.4) is 0 Å². The first-order chi connectivity index (χ1) is 8.51. The molecule has 0 saturated carbocycles. The van der Waals surface area contributed by atoms with Crippen LogP contribution in [0.4, 0.5) is 0 Å². The lowest BCUT2D eigenvalue weighted by molar-refractivity contribution is -0.184. The van der Waals surface area contributed by atoms with E-state index in [0.717, 1.165) is 19.6 Å². The van der Waals surface area contributed by atoms with Gasteiger partial charge in [0, 0.05) is 5.92 Å². The molecule has 0 saturated heterocycles. The average Bonchev–Trinajstić information content (AvgIpc) is 2.31. The Hall–Kier alpha value is -0.0800. The lowest BCUT2D eigenvalue weighted by Crippen LogP contribution is -2.30. The highest BCUT2D eigenvalue weighted by Gasteiger charge is 2.21. The minimum Gasteiger partial charge on any atom is -0.352 e. The van der Waals surface area contributed by atoms with E-state index >= 15 is 0 Å². The quantitative estimate of drug-likeness (QED) is 0.492. The molecule has 0 radical (unpaired) electrons. The minimum atomic E-state index is -0.00801. The molecule has 18 heavy (non-hydrogen) atoms. The van der Waals surface area contributed by atoms with Gasteiger partial charge >= 0.3 is 0 Å². The van der Waals surface area contributed by atoms with Crippen LogP contribution < -0.4 is 0 Å². The molecule has 2 heteroatoms. The van der Waals surface area contributed by atoms with Gasteiger partial charge in [0.15, 0.2) is 6.29 Å². The molecule has 0 fully saturated rings. The van der Waals surface area contributed by atoms with Crippen LogP contribution in [0.15, 0.2) is 0 Å². The lowest BCUT2D eigenvalue weighted by atomic mass is 9.98. The van der Waals surface area contributed by atoms with E-state index in [9.17, 15) is 0 Å². The zero-order valence-electron chi connectivity index (χ0n) is 13.4. The predicted molar refractivity (Wildman–Crippen MR) is 78.7 cm³/mol. The van der Waals surface area contributed by atoms with Gasteiger partial charge in [-0.05, 0) is 24.7 Å². The molecule has 0 heterocycles. The fourth-order valence-electron chi connectivity index (χ4n) is 1.89. The molecule has 1 atom stereocenters. The summed E-state index contributed by atoms with van der Waals surface area (Å²) in [4.78, 5) is 0. The zero-order valence-corrected chi connectivity index (χ0v) is 13.4. The van der Waals surface area contributed by atoms with Gasteiger partial charge in [-0.15, -0.1) is 0 Å². The van der Waals surface area contributed by atoms with Crippen molar-refractivity contribution in [2.45, 2.75) is 73.5 Å². The molecular formula is C16H34O2. The maximum Gasteiger partial charge on any atom is 0.160 e. The van der Waals surface area contributed by atoms with Crippen LogP contribution in [0.1, 0.15) is 67.2 Å². The molecule has 0 aromatic rings. The predicted octanol–water partition coefficient (Wildman–Crippen LogP) is 4.87. The van der Waals surface area contributed by atoms with Crippen molar-refractivity contribution in [3.05, 3.63) is 0 Å². The summed E-state index contributed by atoms with van der Waals surface area (Å²) in [5.74, 6) is 1.68. The highest BCUT2D eigenvalue weighted by atomic mass is 16.7. The van der Waals surface area contributed by atoms with Crippen molar-refractivity contribution in [1.29, 1.82) is 0 Å². The first kappa shape index (κ1) is 17.9. The van der Waals surface area contributed by atoms with Crippen LogP contribution in [0.5, 0.6) is 0 Å². The molecule has 1 unspecified atom stereocenters. The second-order valence-electron chi connectivity index (χ2n) is 6.13. The van der Waals surface area contributed by atoms with Gasteiger partial charge in [0.05, 0.1) is 13.2 Å². The molecule has 0 aromatic heterocycles. The Morgan fingerprint density at radius 1 is 0.833 bits per heavy atom. The van der Waals surface area contributed by atoms with Crippen LogP contribution in [0.25, 0.3) is 0 Å². The van der Waals surface area contributed by atoms with Crippen LogP contribution >= 0.6 is 0 Å². The van der Waals surface area contributed by atoms with E-state index in [4.69, 9.17) is 9.47 Å². The Morgan fingerprint density at radius 2 is 1.33 bits per heavy atom. The van der Waals surface area contributed by atoms with Crippen molar-refractivity contribution >= 4 is 0 Å². The smallest absolute Gasteiger partial charge is 0.160 e. The Bertz CT molecular complexity index is 166. The number of ether oxygens (including phenoxy) is 2. The van der Waals surface area contributed by atoms with Gasteiger partial charge < -0.3 is 9.47 Å². The van der Waals surface area contributed by atoms with E-state index in [0.29, 0.717) is 17.8 Å². The number of hydrogen-bond donors (Lipinski definition) is 0. The molecule has 0 aliphatic carbocycles. The number of rotatable bonds is 11. The van der Waals surface area contributed by atoms with Crippen LogP contribution in [0.2, 0.25) is 0 Å². The molecule has 0 spiro atoms. The first-order valence-electron chi connectivity index (χ1n) is 7.74. The second-order valence-corrected chi connectivity index (χ2v) is 6.13. The highest BCUT2D eigenvalue weighted by Crippen LogP contribution is 2.21. The van der Waals surface area contributed by atoms with Gasteiger partial charge in [-0.2, -0.15) is 0 Å². The molecule has 0 aliphatic heterocycles. The van der Waals surface area contributed by atoms with Crippen LogP contribution in [-0.2, 0) is 9.47 Å². The van der Waals surface area contributed by atoms with E-state index in [1.54, 1.807) is 0 Å². The topological polar surface area (TPSA) is 18.5 Å². The summed E-state index contributed by atoms with van der Waals surface area (Å²) < 4.78 is 12.0. The lowest BCUT2D eigenvalue weighted by Gasteiger charge is -2.28. The van der Waals surface area contributed by atoms with E-state index in [1.807, 2.05) is 0 Å². The monoisotopic (exact) mass is 258 g/mol. The normalized spacial score (nSPS) is 13.8. The Labute approximate surface area is 114 Å². The van der Waals surface area contributed by atoms with Crippen molar-refractivity contribution < 1.29 is 9.47 Å². The maximum atomic E-state index is 5.98. The van der Waals surface area contributed by atoms with Gasteiger partial charge in [0.2, 0.25) is 0 Å². The van der Waals surface area contributed by atoms with Gasteiger partial charge in [-0.3, -0.25) is 0 Å². The standard InChI is InChI=1S/C16H34O2/c1-7-9-10-15(8-2)16(17-11-13(3)4)18-12-14(5)6/h13-16H,7-12H2,1-6H3. The van der Waals surface area contributed by atoms with Gasteiger partial charge in [-0.25, -0.2) is 0 Å². The van der Waals surface area contributed by atoms with Crippen LogP contribution in [0, 0.1) is 17.8 Å². The number of unbranched alkanes of at least 4 members (excludes halogenated alkanes) is 1. The molecular weight excluding hydrogens is 224 g/mol. The molecule has 0 rings (SSSR count). The van der Waals surface area contributed by atoms with Gasteiger partial charge in [-0.1, -0.05) is 54.4 Å². The van der Waals surface area contributed by atoms with Crippen molar-refractivity contribution in [3.63, 3.8) is 0 Å². The van der Waals surface area contributed by atoms with E-state index < -0.39 is 0 Å². The third-order valence-corrected chi connectivity index (χ3v) is 3.03. The third kappa shape index (κ3) is 8.93. The van der Waals surface area contributed by atoms with E-state index in [2.05, 4.69) is 41.5 Å². The molecule has 110 valence electrons. The van der Waals surface area contributed by atoms with Crippen molar-refractivity contribution in [3.8, 4) is 0 Å². The molecule has 0 bridgehead atoms. The summed E-state index contributed by atoms with van der Waals surface area (Å²) in [5, 5.41) is 0. The number of hydrogen-bond acceptors (Lipinski definition) is 2. The summed E-state index contributed by atoms with van der Waals surface area (Å²) in [6.07, 6.45) is 4.86. The molecule has 0 amide bonds. The van der Waals surface area contributed by atoms with E-state index in [-0.39, 0.29) is 6.29 Å².